The maximum Gasteiger partial charge on any atom is 0.251 e. The largest absolute Gasteiger partial charge is 0.394 e. The fraction of sp³-hybridized carbons (Fsp3) is 0.417. The Hall–Kier alpha value is -1.30. The van der Waals surface area contributed by atoms with E-state index in [9.17, 15) is 13.6 Å². The minimum Gasteiger partial charge on any atom is -0.394 e. The second-order valence-corrected chi connectivity index (χ2v) is 4.79. The number of nitrogens with two attached hydrogens (primary N) is 1. The molecule has 6 heteroatoms. The van der Waals surface area contributed by atoms with Gasteiger partial charge in [-0.1, -0.05) is 0 Å². The SMILES string of the molecule is CSCCCCNC(=O)c1cc(F)c(N)c(F)c1. The van der Waals surface area contributed by atoms with Gasteiger partial charge in [-0.15, -0.1) is 0 Å². The van der Waals surface area contributed by atoms with E-state index in [1.807, 2.05) is 6.26 Å². The third-order valence-electron chi connectivity index (χ3n) is 2.40. The summed E-state index contributed by atoms with van der Waals surface area (Å²) in [4.78, 5) is 11.6. The van der Waals surface area contributed by atoms with E-state index in [0.717, 1.165) is 30.7 Å². The Kier molecular flexibility index (Phi) is 5.91. The first-order chi connectivity index (χ1) is 8.56. The lowest BCUT2D eigenvalue weighted by molar-refractivity contribution is 0.0952. The number of hydrogen-bond acceptors (Lipinski definition) is 3. The topological polar surface area (TPSA) is 55.1 Å². The molecule has 0 radical (unpaired) electrons. The molecule has 0 heterocycles. The van der Waals surface area contributed by atoms with E-state index in [0.29, 0.717) is 6.54 Å². The van der Waals surface area contributed by atoms with Crippen molar-refractivity contribution in [3.05, 3.63) is 29.3 Å². The Balaban J connectivity index is 2.52. The lowest BCUT2D eigenvalue weighted by atomic mass is 10.1. The molecular weight excluding hydrogens is 258 g/mol. The zero-order valence-corrected chi connectivity index (χ0v) is 10.9. The van der Waals surface area contributed by atoms with Gasteiger partial charge in [0.15, 0.2) is 0 Å². The molecule has 0 aliphatic rings. The number of halogens is 2. The number of carbonyl (C=O) groups excluding carboxylic acids is 1. The fourth-order valence-electron chi connectivity index (χ4n) is 1.39. The van der Waals surface area contributed by atoms with Crippen molar-refractivity contribution in [1.82, 2.24) is 5.32 Å². The zero-order valence-electron chi connectivity index (χ0n) is 10.1. The van der Waals surface area contributed by atoms with Crippen molar-refractivity contribution in [3.63, 3.8) is 0 Å². The standard InChI is InChI=1S/C12H16F2N2OS/c1-18-5-3-2-4-16-12(17)8-6-9(13)11(15)10(14)7-8/h6-7H,2-5,15H2,1H3,(H,16,17). The highest BCUT2D eigenvalue weighted by Crippen LogP contribution is 2.17. The number of nitrogen functional groups attached to an aromatic ring is 1. The number of benzene rings is 1. The van der Waals surface area contributed by atoms with Crippen LogP contribution in [0.3, 0.4) is 0 Å². The summed E-state index contributed by atoms with van der Waals surface area (Å²) < 4.78 is 26.3. The minimum absolute atomic E-state index is 0.0518. The number of anilines is 1. The molecule has 1 amide bonds. The van der Waals surface area contributed by atoms with Crippen LogP contribution in [0.5, 0.6) is 0 Å². The van der Waals surface area contributed by atoms with Crippen LogP contribution in [0.15, 0.2) is 12.1 Å². The normalized spacial score (nSPS) is 10.4. The molecule has 0 unspecified atom stereocenters. The predicted octanol–water partition coefficient (Wildman–Crippen LogP) is 2.42. The van der Waals surface area contributed by atoms with Gasteiger partial charge in [0.2, 0.25) is 0 Å². The first-order valence-corrected chi connectivity index (χ1v) is 6.97. The number of amides is 1. The van der Waals surface area contributed by atoms with Gasteiger partial charge in [0.05, 0.1) is 0 Å². The van der Waals surface area contributed by atoms with Crippen molar-refractivity contribution in [3.8, 4) is 0 Å². The molecule has 1 rings (SSSR count). The Morgan fingerprint density at radius 3 is 2.50 bits per heavy atom. The van der Waals surface area contributed by atoms with Gasteiger partial charge < -0.3 is 11.1 Å². The summed E-state index contributed by atoms with van der Waals surface area (Å²) in [5.74, 6) is -1.29. The third kappa shape index (κ3) is 4.18. The van der Waals surface area contributed by atoms with Crippen LogP contribution < -0.4 is 11.1 Å². The first-order valence-electron chi connectivity index (χ1n) is 5.58. The molecule has 0 aliphatic heterocycles. The average Bonchev–Trinajstić information content (AvgIpc) is 2.34. The molecule has 3 N–H and O–H groups in total. The van der Waals surface area contributed by atoms with Gasteiger partial charge in [0.1, 0.15) is 17.3 Å². The van der Waals surface area contributed by atoms with E-state index in [2.05, 4.69) is 5.32 Å². The summed E-state index contributed by atoms with van der Waals surface area (Å²) in [5, 5.41) is 2.61. The van der Waals surface area contributed by atoms with Gasteiger partial charge in [0, 0.05) is 12.1 Å². The van der Waals surface area contributed by atoms with E-state index in [4.69, 9.17) is 5.73 Å². The number of carbonyl (C=O) groups is 1. The van der Waals surface area contributed by atoms with E-state index in [1.54, 1.807) is 11.8 Å². The van der Waals surface area contributed by atoms with Crippen LogP contribution in [-0.4, -0.2) is 24.5 Å². The van der Waals surface area contributed by atoms with Crippen LogP contribution in [0.1, 0.15) is 23.2 Å². The van der Waals surface area contributed by atoms with Crippen LogP contribution in [0.4, 0.5) is 14.5 Å². The van der Waals surface area contributed by atoms with Gasteiger partial charge in [0.25, 0.3) is 5.91 Å². The highest BCUT2D eigenvalue weighted by atomic mass is 32.2. The van der Waals surface area contributed by atoms with Gasteiger partial charge >= 0.3 is 0 Å². The Morgan fingerprint density at radius 2 is 1.94 bits per heavy atom. The summed E-state index contributed by atoms with van der Waals surface area (Å²) in [6, 6.07) is 1.88. The summed E-state index contributed by atoms with van der Waals surface area (Å²) in [7, 11) is 0. The summed E-state index contributed by atoms with van der Waals surface area (Å²) in [6.07, 6.45) is 3.84. The van der Waals surface area contributed by atoms with E-state index in [1.165, 1.54) is 0 Å². The lowest BCUT2D eigenvalue weighted by Gasteiger charge is -2.06. The highest BCUT2D eigenvalue weighted by molar-refractivity contribution is 7.98. The predicted molar refractivity (Wildman–Crippen MR) is 70.7 cm³/mol. The maximum absolute atomic E-state index is 13.1. The van der Waals surface area contributed by atoms with Crippen LogP contribution in [0, 0.1) is 11.6 Å². The Bertz CT molecular complexity index is 404. The molecule has 1 aromatic carbocycles. The number of hydrogen-bond donors (Lipinski definition) is 2. The molecule has 0 saturated carbocycles. The van der Waals surface area contributed by atoms with Crippen LogP contribution >= 0.6 is 11.8 Å². The van der Waals surface area contributed by atoms with Crippen molar-refractivity contribution in [2.24, 2.45) is 0 Å². The quantitative estimate of drug-likeness (QED) is 0.619. The maximum atomic E-state index is 13.1. The van der Waals surface area contributed by atoms with Gasteiger partial charge in [-0.25, -0.2) is 8.78 Å². The molecule has 100 valence electrons. The molecule has 0 bridgehead atoms. The van der Waals surface area contributed by atoms with Crippen molar-refractivity contribution >= 4 is 23.4 Å². The molecule has 0 atom stereocenters. The Labute approximate surface area is 109 Å². The number of unbranched alkanes of at least 4 members (excludes halogenated alkanes) is 1. The Morgan fingerprint density at radius 1 is 1.33 bits per heavy atom. The van der Waals surface area contributed by atoms with Crippen molar-refractivity contribution < 1.29 is 13.6 Å². The molecule has 18 heavy (non-hydrogen) atoms. The summed E-state index contributed by atoms with van der Waals surface area (Å²) in [6.45, 7) is 0.493. The van der Waals surface area contributed by atoms with Crippen LogP contribution in [0.2, 0.25) is 0 Å². The summed E-state index contributed by atoms with van der Waals surface area (Å²) >= 11 is 1.74. The molecule has 0 aliphatic carbocycles. The average molecular weight is 274 g/mol. The number of rotatable bonds is 6. The van der Waals surface area contributed by atoms with Gasteiger partial charge in [-0.05, 0) is 37.0 Å². The third-order valence-corrected chi connectivity index (χ3v) is 3.10. The molecule has 0 saturated heterocycles. The number of nitrogens with one attached hydrogen (secondary N) is 1. The molecule has 3 nitrogen and oxygen atoms in total. The highest BCUT2D eigenvalue weighted by Gasteiger charge is 2.12. The second-order valence-electron chi connectivity index (χ2n) is 3.81. The smallest absolute Gasteiger partial charge is 0.251 e. The lowest BCUT2D eigenvalue weighted by Crippen LogP contribution is -2.25. The monoisotopic (exact) mass is 274 g/mol. The van der Waals surface area contributed by atoms with Gasteiger partial charge in [-0.3, -0.25) is 4.79 Å². The zero-order chi connectivity index (χ0) is 13.5. The fourth-order valence-corrected chi connectivity index (χ4v) is 1.88. The van der Waals surface area contributed by atoms with Crippen LogP contribution in [-0.2, 0) is 0 Å². The van der Waals surface area contributed by atoms with Crippen molar-refractivity contribution in [2.75, 3.05) is 24.3 Å². The molecule has 0 aromatic heterocycles. The first kappa shape index (κ1) is 14.8. The molecule has 0 fully saturated rings. The molecular formula is C12H16F2N2OS. The van der Waals surface area contributed by atoms with Gasteiger partial charge in [-0.2, -0.15) is 11.8 Å². The molecule has 0 spiro atoms. The second kappa shape index (κ2) is 7.20. The van der Waals surface area contributed by atoms with Crippen molar-refractivity contribution in [2.45, 2.75) is 12.8 Å². The van der Waals surface area contributed by atoms with E-state index >= 15 is 0 Å². The summed E-state index contributed by atoms with van der Waals surface area (Å²) in [5.41, 5.74) is 4.51. The minimum atomic E-state index is -0.914. The van der Waals surface area contributed by atoms with E-state index < -0.39 is 23.2 Å². The van der Waals surface area contributed by atoms with Crippen molar-refractivity contribution in [1.29, 1.82) is 0 Å². The molecule has 1 aromatic rings. The van der Waals surface area contributed by atoms with E-state index in [-0.39, 0.29) is 5.56 Å². The number of thioether (sulfide) groups is 1. The van der Waals surface area contributed by atoms with Crippen LogP contribution in [0.25, 0.3) is 0 Å².